The molecule has 0 radical (unpaired) electrons. The maximum atomic E-state index is 13.0. The highest BCUT2D eigenvalue weighted by atomic mass is 35.5. The van der Waals surface area contributed by atoms with E-state index in [9.17, 15) is 9.18 Å². The van der Waals surface area contributed by atoms with Crippen molar-refractivity contribution in [1.29, 1.82) is 0 Å². The van der Waals surface area contributed by atoms with Gasteiger partial charge in [-0.1, -0.05) is 24.4 Å². The standard InChI is InChI=1S/C13H18ClFN2O/c14-10-7-11(15)9-12(8-10)17-13(18)5-3-1-2-4-6-16/h7-9H,1-6,16H2,(H,17,18). The van der Waals surface area contributed by atoms with Gasteiger partial charge in [-0.25, -0.2) is 4.39 Å². The highest BCUT2D eigenvalue weighted by Crippen LogP contribution is 2.18. The second-order valence-corrected chi connectivity index (χ2v) is 4.60. The summed E-state index contributed by atoms with van der Waals surface area (Å²) in [6.07, 6.45) is 4.25. The fraction of sp³-hybridized carbons (Fsp3) is 0.462. The summed E-state index contributed by atoms with van der Waals surface area (Å²) < 4.78 is 13.0. The molecular weight excluding hydrogens is 255 g/mol. The van der Waals surface area contributed by atoms with E-state index in [4.69, 9.17) is 17.3 Å². The molecule has 0 unspecified atom stereocenters. The van der Waals surface area contributed by atoms with Crippen molar-refractivity contribution in [3.05, 3.63) is 29.0 Å². The topological polar surface area (TPSA) is 55.1 Å². The molecule has 0 heterocycles. The highest BCUT2D eigenvalue weighted by molar-refractivity contribution is 6.30. The van der Waals surface area contributed by atoms with E-state index in [1.165, 1.54) is 18.2 Å². The number of amides is 1. The summed E-state index contributed by atoms with van der Waals surface area (Å²) in [6.45, 7) is 0.688. The Hall–Kier alpha value is -1.13. The number of halogens is 2. The van der Waals surface area contributed by atoms with Crippen LogP contribution in [0, 0.1) is 5.82 Å². The van der Waals surface area contributed by atoms with Crippen molar-refractivity contribution in [3.8, 4) is 0 Å². The maximum absolute atomic E-state index is 13.0. The van der Waals surface area contributed by atoms with Crippen LogP contribution >= 0.6 is 11.6 Å². The Labute approximate surface area is 112 Å². The molecule has 0 spiro atoms. The minimum Gasteiger partial charge on any atom is -0.330 e. The summed E-state index contributed by atoms with van der Waals surface area (Å²) in [5.41, 5.74) is 5.77. The van der Waals surface area contributed by atoms with E-state index in [0.29, 0.717) is 18.7 Å². The molecule has 0 aliphatic rings. The lowest BCUT2D eigenvalue weighted by Gasteiger charge is -2.06. The van der Waals surface area contributed by atoms with Crippen molar-refractivity contribution < 1.29 is 9.18 Å². The van der Waals surface area contributed by atoms with E-state index in [2.05, 4.69) is 5.32 Å². The lowest BCUT2D eigenvalue weighted by molar-refractivity contribution is -0.116. The Bertz CT molecular complexity index is 378. The van der Waals surface area contributed by atoms with Crippen LogP contribution in [0.1, 0.15) is 32.1 Å². The van der Waals surface area contributed by atoms with Gasteiger partial charge in [0.1, 0.15) is 5.82 Å². The second kappa shape index (κ2) is 8.06. The van der Waals surface area contributed by atoms with E-state index in [-0.39, 0.29) is 10.9 Å². The number of benzene rings is 1. The highest BCUT2D eigenvalue weighted by Gasteiger charge is 2.04. The number of hydrogen-bond donors (Lipinski definition) is 2. The molecule has 3 nitrogen and oxygen atoms in total. The van der Waals surface area contributed by atoms with E-state index in [0.717, 1.165) is 25.7 Å². The Morgan fingerprint density at radius 2 is 1.94 bits per heavy atom. The maximum Gasteiger partial charge on any atom is 0.224 e. The average molecular weight is 273 g/mol. The van der Waals surface area contributed by atoms with Gasteiger partial charge in [0.15, 0.2) is 0 Å². The van der Waals surface area contributed by atoms with Gasteiger partial charge in [-0.3, -0.25) is 4.79 Å². The van der Waals surface area contributed by atoms with Crippen molar-refractivity contribution in [2.24, 2.45) is 5.73 Å². The van der Waals surface area contributed by atoms with Crippen LogP contribution in [0.5, 0.6) is 0 Å². The monoisotopic (exact) mass is 272 g/mol. The van der Waals surface area contributed by atoms with Gasteiger partial charge in [0.25, 0.3) is 0 Å². The van der Waals surface area contributed by atoms with Crippen LogP contribution in [0.4, 0.5) is 10.1 Å². The number of nitrogens with two attached hydrogens (primary N) is 1. The predicted molar refractivity (Wildman–Crippen MR) is 72.2 cm³/mol. The van der Waals surface area contributed by atoms with Gasteiger partial charge < -0.3 is 11.1 Å². The zero-order chi connectivity index (χ0) is 13.4. The smallest absolute Gasteiger partial charge is 0.224 e. The minimum atomic E-state index is -0.458. The third-order valence-electron chi connectivity index (χ3n) is 2.50. The molecule has 0 atom stereocenters. The fourth-order valence-electron chi connectivity index (χ4n) is 1.63. The lowest BCUT2D eigenvalue weighted by Crippen LogP contribution is -2.11. The summed E-state index contributed by atoms with van der Waals surface area (Å²) >= 11 is 5.69. The summed E-state index contributed by atoms with van der Waals surface area (Å²) in [4.78, 5) is 11.6. The van der Waals surface area contributed by atoms with Crippen molar-refractivity contribution in [2.75, 3.05) is 11.9 Å². The molecule has 0 bridgehead atoms. The zero-order valence-corrected chi connectivity index (χ0v) is 11.0. The van der Waals surface area contributed by atoms with E-state index >= 15 is 0 Å². The average Bonchev–Trinajstić information content (AvgIpc) is 2.27. The molecule has 100 valence electrons. The number of unbranched alkanes of at least 4 members (excludes halogenated alkanes) is 3. The quantitative estimate of drug-likeness (QED) is 0.748. The molecule has 5 heteroatoms. The SMILES string of the molecule is NCCCCCCC(=O)Nc1cc(F)cc(Cl)c1. The number of carbonyl (C=O) groups excluding carboxylic acids is 1. The van der Waals surface area contributed by atoms with Crippen LogP contribution in [-0.4, -0.2) is 12.5 Å². The van der Waals surface area contributed by atoms with Crippen molar-refractivity contribution in [1.82, 2.24) is 0 Å². The molecule has 1 rings (SSSR count). The van der Waals surface area contributed by atoms with Crippen LogP contribution in [-0.2, 0) is 4.79 Å². The van der Waals surface area contributed by atoms with Gasteiger partial charge in [0, 0.05) is 17.1 Å². The van der Waals surface area contributed by atoms with Crippen LogP contribution in [0.2, 0.25) is 5.02 Å². The van der Waals surface area contributed by atoms with Gasteiger partial charge in [-0.05, 0) is 37.6 Å². The zero-order valence-electron chi connectivity index (χ0n) is 10.2. The van der Waals surface area contributed by atoms with E-state index < -0.39 is 5.82 Å². The first-order valence-electron chi connectivity index (χ1n) is 6.08. The van der Waals surface area contributed by atoms with Gasteiger partial charge in [0.2, 0.25) is 5.91 Å². The van der Waals surface area contributed by atoms with Crippen LogP contribution in [0.25, 0.3) is 0 Å². The van der Waals surface area contributed by atoms with Gasteiger partial charge in [-0.2, -0.15) is 0 Å². The Morgan fingerprint density at radius 3 is 2.61 bits per heavy atom. The number of hydrogen-bond acceptors (Lipinski definition) is 2. The van der Waals surface area contributed by atoms with E-state index in [1.807, 2.05) is 0 Å². The molecule has 0 saturated heterocycles. The molecule has 18 heavy (non-hydrogen) atoms. The largest absolute Gasteiger partial charge is 0.330 e. The Kier molecular flexibility index (Phi) is 6.68. The molecule has 0 saturated carbocycles. The number of anilines is 1. The third-order valence-corrected chi connectivity index (χ3v) is 2.72. The first-order valence-corrected chi connectivity index (χ1v) is 6.45. The Morgan fingerprint density at radius 1 is 1.22 bits per heavy atom. The van der Waals surface area contributed by atoms with Gasteiger partial charge in [0.05, 0.1) is 0 Å². The molecule has 0 aliphatic carbocycles. The molecule has 0 aromatic heterocycles. The van der Waals surface area contributed by atoms with Gasteiger partial charge in [-0.15, -0.1) is 0 Å². The van der Waals surface area contributed by atoms with Crippen LogP contribution in [0.15, 0.2) is 18.2 Å². The molecular formula is C13H18ClFN2O. The third kappa shape index (κ3) is 5.98. The van der Waals surface area contributed by atoms with Crippen molar-refractivity contribution in [3.63, 3.8) is 0 Å². The fourth-order valence-corrected chi connectivity index (χ4v) is 1.85. The second-order valence-electron chi connectivity index (χ2n) is 4.16. The molecule has 0 aliphatic heterocycles. The number of rotatable bonds is 7. The van der Waals surface area contributed by atoms with E-state index in [1.54, 1.807) is 0 Å². The van der Waals surface area contributed by atoms with Crippen molar-refractivity contribution >= 4 is 23.2 Å². The summed E-state index contributed by atoms with van der Waals surface area (Å²) in [6, 6.07) is 3.97. The number of carbonyl (C=O) groups is 1. The normalized spacial score (nSPS) is 10.4. The molecule has 1 aromatic carbocycles. The Balaban J connectivity index is 2.31. The summed E-state index contributed by atoms with van der Waals surface area (Å²) in [5, 5.41) is 2.90. The first kappa shape index (κ1) is 14.9. The summed E-state index contributed by atoms with van der Waals surface area (Å²) in [7, 11) is 0. The molecule has 1 aromatic rings. The molecule has 0 fully saturated rings. The van der Waals surface area contributed by atoms with Gasteiger partial charge >= 0.3 is 0 Å². The predicted octanol–water partition coefficient (Wildman–Crippen LogP) is 3.33. The lowest BCUT2D eigenvalue weighted by atomic mass is 10.1. The molecule has 3 N–H and O–H groups in total. The number of nitrogens with one attached hydrogen (secondary N) is 1. The minimum absolute atomic E-state index is 0.121. The molecule has 1 amide bonds. The first-order chi connectivity index (χ1) is 8.61. The van der Waals surface area contributed by atoms with Crippen LogP contribution in [0.3, 0.4) is 0 Å². The van der Waals surface area contributed by atoms with Crippen molar-refractivity contribution in [2.45, 2.75) is 32.1 Å². The summed E-state index contributed by atoms with van der Waals surface area (Å²) in [5.74, 6) is -0.579. The van der Waals surface area contributed by atoms with Crippen LogP contribution < -0.4 is 11.1 Å².